The number of benzene rings is 2. The lowest BCUT2D eigenvalue weighted by molar-refractivity contribution is 1.14. The average Bonchev–Trinajstić information content (AvgIpc) is 2.41. The molecule has 1 N–H and O–H groups in total. The maximum absolute atomic E-state index is 8.78. The zero-order valence-electron chi connectivity index (χ0n) is 9.75. The van der Waals surface area contributed by atoms with Crippen LogP contribution in [0.15, 0.2) is 45.3 Å². The summed E-state index contributed by atoms with van der Waals surface area (Å²) in [6.07, 6.45) is 0. The standard InChI is InChI=1S/C14H9Br2ClN2/c15-11-3-1-10(5-12(11)16)8-19-14-4-2-9(7-18)6-13(14)17/h1-6,19H,8H2. The number of nitrogens with one attached hydrogen (secondary N) is 1. The monoisotopic (exact) mass is 398 g/mol. The molecule has 96 valence electrons. The van der Waals surface area contributed by atoms with Crippen molar-refractivity contribution in [3.63, 3.8) is 0 Å². The molecule has 0 saturated carbocycles. The summed E-state index contributed by atoms with van der Waals surface area (Å²) in [6, 6.07) is 13.3. The zero-order chi connectivity index (χ0) is 13.8. The second kappa shape index (κ2) is 6.42. The number of nitriles is 1. The van der Waals surface area contributed by atoms with Crippen LogP contribution < -0.4 is 5.32 Å². The number of rotatable bonds is 3. The Morgan fingerprint density at radius 1 is 1.11 bits per heavy atom. The first kappa shape index (κ1) is 14.4. The predicted octanol–water partition coefficient (Wildman–Crippen LogP) is 5.35. The van der Waals surface area contributed by atoms with Gasteiger partial charge in [-0.05, 0) is 67.8 Å². The van der Waals surface area contributed by atoms with Crippen LogP contribution in [0.3, 0.4) is 0 Å². The van der Waals surface area contributed by atoms with Crippen LogP contribution in [0.4, 0.5) is 5.69 Å². The third-order valence-corrected chi connectivity index (χ3v) is 4.76. The first-order valence-corrected chi connectivity index (χ1v) is 7.44. The van der Waals surface area contributed by atoms with Gasteiger partial charge in [0.15, 0.2) is 0 Å². The molecule has 0 atom stereocenters. The summed E-state index contributed by atoms with van der Waals surface area (Å²) in [6.45, 7) is 0.664. The molecule has 2 nitrogen and oxygen atoms in total. The minimum Gasteiger partial charge on any atom is -0.380 e. The van der Waals surface area contributed by atoms with Gasteiger partial charge in [-0.3, -0.25) is 0 Å². The second-order valence-corrected chi connectivity index (χ2v) is 6.02. The highest BCUT2D eigenvalue weighted by molar-refractivity contribution is 9.13. The topological polar surface area (TPSA) is 35.8 Å². The van der Waals surface area contributed by atoms with Crippen LogP contribution in [0.2, 0.25) is 5.02 Å². The number of hydrogen-bond donors (Lipinski definition) is 1. The molecule has 2 aromatic carbocycles. The summed E-state index contributed by atoms with van der Waals surface area (Å²) in [4.78, 5) is 0. The Kier molecular flexibility index (Phi) is 4.87. The molecule has 0 unspecified atom stereocenters. The van der Waals surface area contributed by atoms with Gasteiger partial charge in [-0.2, -0.15) is 5.26 Å². The molecule has 0 saturated heterocycles. The van der Waals surface area contributed by atoms with Crippen molar-refractivity contribution in [3.8, 4) is 6.07 Å². The summed E-state index contributed by atoms with van der Waals surface area (Å²) in [5, 5.41) is 12.6. The van der Waals surface area contributed by atoms with Gasteiger partial charge in [-0.15, -0.1) is 0 Å². The van der Waals surface area contributed by atoms with Crippen molar-refractivity contribution in [1.82, 2.24) is 0 Å². The van der Waals surface area contributed by atoms with Gasteiger partial charge in [-0.25, -0.2) is 0 Å². The van der Waals surface area contributed by atoms with Gasteiger partial charge in [0.2, 0.25) is 0 Å². The van der Waals surface area contributed by atoms with Crippen molar-refractivity contribution in [1.29, 1.82) is 5.26 Å². The maximum Gasteiger partial charge on any atom is 0.0992 e. The van der Waals surface area contributed by atoms with Crippen molar-refractivity contribution < 1.29 is 0 Å². The molecule has 0 aliphatic heterocycles. The van der Waals surface area contributed by atoms with E-state index in [1.165, 1.54) is 0 Å². The normalized spacial score (nSPS) is 10.0. The average molecular weight is 401 g/mol. The van der Waals surface area contributed by atoms with Crippen molar-refractivity contribution in [2.24, 2.45) is 0 Å². The van der Waals surface area contributed by atoms with E-state index >= 15 is 0 Å². The van der Waals surface area contributed by atoms with Crippen molar-refractivity contribution >= 4 is 49.1 Å². The second-order valence-electron chi connectivity index (χ2n) is 3.91. The molecule has 0 heterocycles. The van der Waals surface area contributed by atoms with Crippen LogP contribution in [0.1, 0.15) is 11.1 Å². The maximum atomic E-state index is 8.78. The Hall–Kier alpha value is -1.02. The third kappa shape index (κ3) is 3.73. The molecule has 19 heavy (non-hydrogen) atoms. The van der Waals surface area contributed by atoms with E-state index in [-0.39, 0.29) is 0 Å². The lowest BCUT2D eigenvalue weighted by atomic mass is 10.2. The number of hydrogen-bond acceptors (Lipinski definition) is 2. The first-order valence-electron chi connectivity index (χ1n) is 5.47. The van der Waals surface area contributed by atoms with E-state index in [1.54, 1.807) is 12.1 Å². The van der Waals surface area contributed by atoms with Gasteiger partial charge in [0.25, 0.3) is 0 Å². The molecule has 2 aromatic rings. The fourth-order valence-electron chi connectivity index (χ4n) is 1.57. The van der Waals surface area contributed by atoms with Gasteiger partial charge in [0, 0.05) is 15.5 Å². The van der Waals surface area contributed by atoms with Crippen LogP contribution in [0.25, 0.3) is 0 Å². The number of nitrogens with zero attached hydrogens (tertiary/aromatic N) is 1. The Labute approximate surface area is 133 Å². The van der Waals surface area contributed by atoms with Crippen LogP contribution in [-0.4, -0.2) is 0 Å². The minimum atomic E-state index is 0.551. The van der Waals surface area contributed by atoms with Crippen LogP contribution in [-0.2, 0) is 6.54 Å². The summed E-state index contributed by atoms with van der Waals surface area (Å²) >= 11 is 13.0. The van der Waals surface area contributed by atoms with Gasteiger partial charge >= 0.3 is 0 Å². The van der Waals surface area contributed by atoms with Gasteiger partial charge in [0.1, 0.15) is 0 Å². The Morgan fingerprint density at radius 2 is 1.89 bits per heavy atom. The van der Waals surface area contributed by atoms with Gasteiger partial charge < -0.3 is 5.32 Å². The quantitative estimate of drug-likeness (QED) is 0.754. The Morgan fingerprint density at radius 3 is 2.53 bits per heavy atom. The molecule has 0 spiro atoms. The van der Waals surface area contributed by atoms with Crippen LogP contribution in [0, 0.1) is 11.3 Å². The lowest BCUT2D eigenvalue weighted by Crippen LogP contribution is -2.00. The van der Waals surface area contributed by atoms with E-state index in [1.807, 2.05) is 24.3 Å². The van der Waals surface area contributed by atoms with E-state index in [0.717, 1.165) is 20.2 Å². The zero-order valence-corrected chi connectivity index (χ0v) is 13.7. The first-order chi connectivity index (χ1) is 9.10. The van der Waals surface area contributed by atoms with Gasteiger partial charge in [-0.1, -0.05) is 17.7 Å². The molecule has 0 aromatic heterocycles. The molecule has 2 rings (SSSR count). The molecule has 5 heteroatoms. The minimum absolute atomic E-state index is 0.551. The molecule has 0 bridgehead atoms. The molecular formula is C14H9Br2ClN2. The summed E-state index contributed by atoms with van der Waals surface area (Å²) in [5.74, 6) is 0. The number of anilines is 1. The molecular weight excluding hydrogens is 391 g/mol. The van der Waals surface area contributed by atoms with E-state index in [4.69, 9.17) is 16.9 Å². The van der Waals surface area contributed by atoms with Gasteiger partial charge in [0.05, 0.1) is 22.3 Å². The van der Waals surface area contributed by atoms with Crippen molar-refractivity contribution in [3.05, 3.63) is 61.5 Å². The third-order valence-electron chi connectivity index (χ3n) is 2.57. The summed E-state index contributed by atoms with van der Waals surface area (Å²) < 4.78 is 2.03. The fourth-order valence-corrected chi connectivity index (χ4v) is 2.50. The largest absolute Gasteiger partial charge is 0.380 e. The fraction of sp³-hybridized carbons (Fsp3) is 0.0714. The highest BCUT2D eigenvalue weighted by atomic mass is 79.9. The SMILES string of the molecule is N#Cc1ccc(NCc2ccc(Br)c(Br)c2)c(Cl)c1. The summed E-state index contributed by atoms with van der Waals surface area (Å²) in [5.41, 5.74) is 2.51. The molecule has 0 aliphatic carbocycles. The smallest absolute Gasteiger partial charge is 0.0992 e. The van der Waals surface area contributed by atoms with E-state index in [9.17, 15) is 0 Å². The Bertz CT molecular complexity index is 650. The van der Waals surface area contributed by atoms with Crippen molar-refractivity contribution in [2.75, 3.05) is 5.32 Å². The lowest BCUT2D eigenvalue weighted by Gasteiger charge is -2.09. The predicted molar refractivity (Wildman–Crippen MR) is 85.3 cm³/mol. The van der Waals surface area contributed by atoms with Crippen molar-refractivity contribution in [2.45, 2.75) is 6.54 Å². The molecule has 0 radical (unpaired) electrons. The van der Waals surface area contributed by atoms with E-state index in [0.29, 0.717) is 17.1 Å². The molecule has 0 aliphatic rings. The van der Waals surface area contributed by atoms with E-state index < -0.39 is 0 Å². The molecule has 0 fully saturated rings. The van der Waals surface area contributed by atoms with E-state index in [2.05, 4.69) is 43.2 Å². The summed E-state index contributed by atoms with van der Waals surface area (Å²) in [7, 11) is 0. The van der Waals surface area contributed by atoms with Crippen LogP contribution in [0.5, 0.6) is 0 Å². The van der Waals surface area contributed by atoms with Crippen LogP contribution >= 0.6 is 43.5 Å². The highest BCUT2D eigenvalue weighted by Gasteiger charge is 2.03. The molecule has 0 amide bonds. The Balaban J connectivity index is 2.10. The highest BCUT2D eigenvalue weighted by Crippen LogP contribution is 2.26. The number of halogens is 3.